The van der Waals surface area contributed by atoms with E-state index in [1.54, 1.807) is 0 Å². The Labute approximate surface area is 80.0 Å². The molecule has 0 aromatic heterocycles. The van der Waals surface area contributed by atoms with Crippen LogP contribution in [0.15, 0.2) is 12.2 Å². The smallest absolute Gasteiger partial charge is 0.256 e. The van der Waals surface area contributed by atoms with Gasteiger partial charge in [0.25, 0.3) is 5.17 Å². The summed E-state index contributed by atoms with van der Waals surface area (Å²) < 4.78 is 5.23. The lowest BCUT2D eigenvalue weighted by Crippen LogP contribution is -2.26. The minimum Gasteiger partial charge on any atom is -0.471 e. The van der Waals surface area contributed by atoms with Crippen LogP contribution in [0.25, 0.3) is 0 Å². The van der Waals surface area contributed by atoms with Gasteiger partial charge in [0, 0.05) is 6.54 Å². The van der Waals surface area contributed by atoms with Crippen LogP contribution >= 0.6 is 12.2 Å². The SMILES string of the molecule is C=C(C)CNC(=S)OCC(C)C. The average molecular weight is 187 g/mol. The summed E-state index contributed by atoms with van der Waals surface area (Å²) in [4.78, 5) is 0. The zero-order chi connectivity index (χ0) is 9.56. The normalized spacial score (nSPS) is 9.67. The number of ether oxygens (including phenoxy) is 1. The molecule has 0 radical (unpaired) electrons. The van der Waals surface area contributed by atoms with Crippen molar-refractivity contribution >= 4 is 17.4 Å². The van der Waals surface area contributed by atoms with Crippen LogP contribution in [0.2, 0.25) is 0 Å². The van der Waals surface area contributed by atoms with Crippen molar-refractivity contribution in [2.75, 3.05) is 13.2 Å². The summed E-state index contributed by atoms with van der Waals surface area (Å²) in [5, 5.41) is 3.41. The van der Waals surface area contributed by atoms with Crippen molar-refractivity contribution in [1.29, 1.82) is 0 Å². The largest absolute Gasteiger partial charge is 0.471 e. The fourth-order valence-electron chi connectivity index (χ4n) is 0.516. The van der Waals surface area contributed by atoms with E-state index in [-0.39, 0.29) is 0 Å². The Balaban J connectivity index is 3.40. The fourth-order valence-corrected chi connectivity index (χ4v) is 0.657. The third kappa shape index (κ3) is 7.54. The number of thiocarbonyl (C=S) groups is 1. The molecule has 0 unspecified atom stereocenters. The Bertz CT molecular complexity index is 166. The Morgan fingerprint density at radius 3 is 2.58 bits per heavy atom. The van der Waals surface area contributed by atoms with E-state index >= 15 is 0 Å². The van der Waals surface area contributed by atoms with Crippen molar-refractivity contribution < 1.29 is 4.74 Å². The first-order valence-corrected chi connectivity index (χ1v) is 4.48. The van der Waals surface area contributed by atoms with Crippen LogP contribution in [0.5, 0.6) is 0 Å². The third-order valence-corrected chi connectivity index (χ3v) is 1.34. The van der Waals surface area contributed by atoms with Crippen molar-refractivity contribution in [2.24, 2.45) is 5.92 Å². The molecule has 0 aliphatic heterocycles. The standard InChI is InChI=1S/C9H17NOS/c1-7(2)5-10-9(12)11-6-8(3)4/h8H,1,5-6H2,2-4H3,(H,10,12). The van der Waals surface area contributed by atoms with Crippen molar-refractivity contribution in [3.8, 4) is 0 Å². The Morgan fingerprint density at radius 2 is 2.17 bits per heavy atom. The molecular formula is C9H17NOS. The summed E-state index contributed by atoms with van der Waals surface area (Å²) in [7, 11) is 0. The second-order valence-electron chi connectivity index (χ2n) is 3.30. The van der Waals surface area contributed by atoms with Gasteiger partial charge < -0.3 is 10.1 Å². The summed E-state index contributed by atoms with van der Waals surface area (Å²) in [6, 6.07) is 0. The fraction of sp³-hybridized carbons (Fsp3) is 0.667. The lowest BCUT2D eigenvalue weighted by Gasteiger charge is -2.10. The topological polar surface area (TPSA) is 21.3 Å². The molecule has 0 fully saturated rings. The van der Waals surface area contributed by atoms with E-state index in [1.807, 2.05) is 6.92 Å². The summed E-state index contributed by atoms with van der Waals surface area (Å²) in [6.07, 6.45) is 0. The molecule has 0 rings (SSSR count). The lowest BCUT2D eigenvalue weighted by molar-refractivity contribution is 0.255. The highest BCUT2D eigenvalue weighted by Gasteiger charge is 1.98. The van der Waals surface area contributed by atoms with Gasteiger partial charge in [-0.25, -0.2) is 0 Å². The quantitative estimate of drug-likeness (QED) is 0.538. The number of hydrogen-bond acceptors (Lipinski definition) is 2. The highest BCUT2D eigenvalue weighted by molar-refractivity contribution is 7.80. The molecule has 0 amide bonds. The zero-order valence-electron chi connectivity index (χ0n) is 8.02. The van der Waals surface area contributed by atoms with Crippen LogP contribution in [-0.2, 0) is 4.74 Å². The van der Waals surface area contributed by atoms with Gasteiger partial charge in [0.1, 0.15) is 0 Å². The molecule has 0 bridgehead atoms. The maximum absolute atomic E-state index is 5.23. The van der Waals surface area contributed by atoms with Crippen LogP contribution in [0.4, 0.5) is 0 Å². The predicted molar refractivity (Wildman–Crippen MR) is 56.2 cm³/mol. The monoisotopic (exact) mass is 187 g/mol. The Kier molecular flexibility index (Phi) is 5.72. The summed E-state index contributed by atoms with van der Waals surface area (Å²) in [5.74, 6) is 0.509. The molecule has 0 aromatic carbocycles. The minimum absolute atomic E-state index is 0.465. The van der Waals surface area contributed by atoms with Crippen LogP contribution in [0, 0.1) is 5.92 Å². The van der Waals surface area contributed by atoms with Crippen molar-refractivity contribution in [3.05, 3.63) is 12.2 Å². The number of rotatable bonds is 4. The van der Waals surface area contributed by atoms with Gasteiger partial charge in [-0.3, -0.25) is 0 Å². The first-order valence-electron chi connectivity index (χ1n) is 4.07. The van der Waals surface area contributed by atoms with E-state index in [2.05, 4.69) is 25.7 Å². The minimum atomic E-state index is 0.465. The average Bonchev–Trinajstić information content (AvgIpc) is 1.96. The van der Waals surface area contributed by atoms with Crippen molar-refractivity contribution in [3.63, 3.8) is 0 Å². The molecule has 3 heteroatoms. The van der Waals surface area contributed by atoms with E-state index in [0.717, 1.165) is 5.57 Å². The van der Waals surface area contributed by atoms with Gasteiger partial charge in [0.2, 0.25) is 0 Å². The Hall–Kier alpha value is -0.570. The lowest BCUT2D eigenvalue weighted by atomic mass is 10.2. The second kappa shape index (κ2) is 6.00. The summed E-state index contributed by atoms with van der Waals surface area (Å²) in [6.45, 7) is 11.2. The van der Waals surface area contributed by atoms with Gasteiger partial charge in [0.15, 0.2) is 0 Å². The molecule has 0 atom stereocenters. The van der Waals surface area contributed by atoms with Crippen molar-refractivity contribution in [1.82, 2.24) is 5.32 Å². The maximum atomic E-state index is 5.23. The summed E-state index contributed by atoms with van der Waals surface area (Å²) in [5.41, 5.74) is 1.05. The molecule has 12 heavy (non-hydrogen) atoms. The predicted octanol–water partition coefficient (Wildman–Crippen LogP) is 2.11. The van der Waals surface area contributed by atoms with E-state index in [0.29, 0.717) is 24.2 Å². The van der Waals surface area contributed by atoms with Crippen LogP contribution in [0.3, 0.4) is 0 Å². The first-order chi connectivity index (χ1) is 5.52. The molecule has 1 N–H and O–H groups in total. The van der Waals surface area contributed by atoms with Gasteiger partial charge in [-0.1, -0.05) is 26.0 Å². The number of hydrogen-bond donors (Lipinski definition) is 1. The van der Waals surface area contributed by atoms with Crippen molar-refractivity contribution in [2.45, 2.75) is 20.8 Å². The number of nitrogens with one attached hydrogen (secondary N) is 1. The molecule has 0 aliphatic carbocycles. The Morgan fingerprint density at radius 1 is 1.58 bits per heavy atom. The maximum Gasteiger partial charge on any atom is 0.256 e. The highest BCUT2D eigenvalue weighted by atomic mass is 32.1. The molecule has 0 aliphatic rings. The van der Waals surface area contributed by atoms with E-state index in [1.165, 1.54) is 0 Å². The zero-order valence-corrected chi connectivity index (χ0v) is 8.83. The van der Waals surface area contributed by atoms with Gasteiger partial charge in [0.05, 0.1) is 6.61 Å². The molecular weight excluding hydrogens is 170 g/mol. The van der Waals surface area contributed by atoms with Crippen LogP contribution in [-0.4, -0.2) is 18.3 Å². The van der Waals surface area contributed by atoms with Crippen LogP contribution in [0.1, 0.15) is 20.8 Å². The van der Waals surface area contributed by atoms with Crippen LogP contribution < -0.4 is 5.32 Å². The van der Waals surface area contributed by atoms with Gasteiger partial charge in [-0.05, 0) is 25.1 Å². The molecule has 0 heterocycles. The van der Waals surface area contributed by atoms with Gasteiger partial charge in [-0.2, -0.15) is 0 Å². The highest BCUT2D eigenvalue weighted by Crippen LogP contribution is 1.93. The summed E-state index contributed by atoms with van der Waals surface area (Å²) >= 11 is 4.92. The van der Waals surface area contributed by atoms with E-state index in [9.17, 15) is 0 Å². The molecule has 70 valence electrons. The molecule has 0 saturated carbocycles. The molecule has 0 aromatic rings. The first kappa shape index (κ1) is 11.4. The third-order valence-electron chi connectivity index (χ3n) is 1.08. The van der Waals surface area contributed by atoms with E-state index < -0.39 is 0 Å². The molecule has 0 spiro atoms. The van der Waals surface area contributed by atoms with Gasteiger partial charge >= 0.3 is 0 Å². The second-order valence-corrected chi connectivity index (χ2v) is 3.67. The van der Waals surface area contributed by atoms with Gasteiger partial charge in [-0.15, -0.1) is 0 Å². The van der Waals surface area contributed by atoms with E-state index in [4.69, 9.17) is 17.0 Å². The molecule has 2 nitrogen and oxygen atoms in total. The molecule has 0 saturated heterocycles.